The predicted octanol–water partition coefficient (Wildman–Crippen LogP) is 3.61. The van der Waals surface area contributed by atoms with Crippen molar-refractivity contribution < 1.29 is 23.8 Å². The number of carbonyl (C=O) groups excluding carboxylic acids is 2. The standard InChI is InChI=1S/C23H37N3O5/c1-16(21(27)24-18-10-11-19(29-6)20(13-18)30-7)26-12-8-9-17(15-26)14-25(5)22(28)31-23(2,3)4/h10-11,13,16-17H,8-9,12,14-15H2,1-7H3,(H,24,27). The number of methoxy groups -OCH3 is 2. The van der Waals surface area contributed by atoms with Gasteiger partial charge >= 0.3 is 6.09 Å². The van der Waals surface area contributed by atoms with Crippen LogP contribution in [-0.4, -0.2) is 74.3 Å². The SMILES string of the molecule is COc1ccc(NC(=O)C(C)N2CCCC(CN(C)C(=O)OC(C)(C)C)C2)cc1OC. The number of carbonyl (C=O) groups is 2. The van der Waals surface area contributed by atoms with E-state index >= 15 is 0 Å². The van der Waals surface area contributed by atoms with Gasteiger partial charge in [-0.2, -0.15) is 0 Å². The maximum Gasteiger partial charge on any atom is 0.410 e. The van der Waals surface area contributed by atoms with Gasteiger partial charge in [0.2, 0.25) is 5.91 Å². The first-order valence-corrected chi connectivity index (χ1v) is 10.7. The van der Waals surface area contributed by atoms with E-state index in [0.29, 0.717) is 29.6 Å². The molecular weight excluding hydrogens is 398 g/mol. The van der Waals surface area contributed by atoms with E-state index in [2.05, 4.69) is 10.2 Å². The van der Waals surface area contributed by atoms with Crippen LogP contribution in [0, 0.1) is 5.92 Å². The number of hydrogen-bond donors (Lipinski definition) is 1. The topological polar surface area (TPSA) is 80.3 Å². The summed E-state index contributed by atoms with van der Waals surface area (Å²) in [5.74, 6) is 1.40. The van der Waals surface area contributed by atoms with Crippen LogP contribution < -0.4 is 14.8 Å². The Labute approximate surface area is 185 Å². The normalized spacial score (nSPS) is 18.1. The van der Waals surface area contributed by atoms with Crippen molar-refractivity contribution in [3.8, 4) is 11.5 Å². The third-order valence-corrected chi connectivity index (χ3v) is 5.37. The second kappa shape index (κ2) is 10.7. The average Bonchev–Trinajstić information content (AvgIpc) is 2.71. The van der Waals surface area contributed by atoms with E-state index in [1.54, 1.807) is 44.4 Å². The maximum atomic E-state index is 12.9. The molecule has 0 spiro atoms. The van der Waals surface area contributed by atoms with Gasteiger partial charge in [0.15, 0.2) is 11.5 Å². The minimum atomic E-state index is -0.513. The Morgan fingerprint density at radius 1 is 1.23 bits per heavy atom. The summed E-state index contributed by atoms with van der Waals surface area (Å²) in [6.45, 7) is 9.71. The fraction of sp³-hybridized carbons (Fsp3) is 0.652. The van der Waals surface area contributed by atoms with Gasteiger partial charge in [-0.25, -0.2) is 4.79 Å². The Hall–Kier alpha value is -2.48. The summed E-state index contributed by atoms with van der Waals surface area (Å²) in [4.78, 5) is 28.9. The Morgan fingerprint density at radius 2 is 1.90 bits per heavy atom. The number of benzene rings is 1. The number of piperidine rings is 1. The van der Waals surface area contributed by atoms with Crippen molar-refractivity contribution in [2.24, 2.45) is 5.92 Å². The molecule has 1 aliphatic heterocycles. The average molecular weight is 436 g/mol. The summed E-state index contributed by atoms with van der Waals surface area (Å²) in [6.07, 6.45) is 1.69. The van der Waals surface area contributed by atoms with Gasteiger partial charge in [0.25, 0.3) is 0 Å². The lowest BCUT2D eigenvalue weighted by molar-refractivity contribution is -0.121. The molecule has 2 atom stereocenters. The number of ether oxygens (including phenoxy) is 3. The number of hydrogen-bond acceptors (Lipinski definition) is 6. The molecule has 0 aliphatic carbocycles. The molecule has 2 rings (SSSR count). The van der Waals surface area contributed by atoms with Crippen LogP contribution in [0.1, 0.15) is 40.5 Å². The highest BCUT2D eigenvalue weighted by Gasteiger charge is 2.29. The van der Waals surface area contributed by atoms with E-state index in [9.17, 15) is 9.59 Å². The Morgan fingerprint density at radius 3 is 2.52 bits per heavy atom. The van der Waals surface area contributed by atoms with Crippen LogP contribution in [0.25, 0.3) is 0 Å². The molecule has 1 aromatic carbocycles. The lowest BCUT2D eigenvalue weighted by Crippen LogP contribution is -2.49. The lowest BCUT2D eigenvalue weighted by atomic mass is 9.96. The summed E-state index contributed by atoms with van der Waals surface area (Å²) in [5, 5.41) is 2.96. The number of anilines is 1. The molecule has 1 aliphatic rings. The molecule has 174 valence electrons. The molecular formula is C23H37N3O5. The van der Waals surface area contributed by atoms with Gasteiger partial charge in [0.05, 0.1) is 20.3 Å². The minimum absolute atomic E-state index is 0.0756. The van der Waals surface area contributed by atoms with Gasteiger partial charge in [-0.3, -0.25) is 9.69 Å². The molecule has 2 unspecified atom stereocenters. The molecule has 0 aromatic heterocycles. The molecule has 8 heteroatoms. The molecule has 1 heterocycles. The number of nitrogens with zero attached hydrogens (tertiary/aromatic N) is 2. The van der Waals surface area contributed by atoms with E-state index in [0.717, 1.165) is 25.9 Å². The Kier molecular flexibility index (Phi) is 8.56. The first kappa shape index (κ1) is 24.8. The molecule has 1 saturated heterocycles. The van der Waals surface area contributed by atoms with Crippen molar-refractivity contribution in [1.82, 2.24) is 9.80 Å². The molecule has 31 heavy (non-hydrogen) atoms. The number of nitrogens with one attached hydrogen (secondary N) is 1. The van der Waals surface area contributed by atoms with Crippen LogP contribution in [0.15, 0.2) is 18.2 Å². The van der Waals surface area contributed by atoms with E-state index in [1.807, 2.05) is 27.7 Å². The van der Waals surface area contributed by atoms with Gasteiger partial charge in [-0.15, -0.1) is 0 Å². The van der Waals surface area contributed by atoms with Crippen LogP contribution in [0.2, 0.25) is 0 Å². The van der Waals surface area contributed by atoms with Crippen molar-refractivity contribution >= 4 is 17.7 Å². The molecule has 0 bridgehead atoms. The molecule has 1 N–H and O–H groups in total. The Balaban J connectivity index is 1.93. The van der Waals surface area contributed by atoms with Crippen molar-refractivity contribution in [2.45, 2.75) is 52.2 Å². The monoisotopic (exact) mass is 435 g/mol. The summed E-state index contributed by atoms with van der Waals surface area (Å²) in [6, 6.07) is 5.02. The smallest absolute Gasteiger partial charge is 0.410 e. The van der Waals surface area contributed by atoms with Crippen LogP contribution in [0.3, 0.4) is 0 Å². The van der Waals surface area contributed by atoms with Gasteiger partial charge in [-0.1, -0.05) is 0 Å². The zero-order valence-corrected chi connectivity index (χ0v) is 19.9. The van der Waals surface area contributed by atoms with Crippen molar-refractivity contribution in [1.29, 1.82) is 0 Å². The zero-order valence-electron chi connectivity index (χ0n) is 19.9. The fourth-order valence-corrected chi connectivity index (χ4v) is 3.73. The van der Waals surface area contributed by atoms with E-state index < -0.39 is 5.60 Å². The molecule has 1 aromatic rings. The third-order valence-electron chi connectivity index (χ3n) is 5.37. The Bertz CT molecular complexity index is 762. The largest absolute Gasteiger partial charge is 0.493 e. The van der Waals surface area contributed by atoms with Crippen LogP contribution in [0.4, 0.5) is 10.5 Å². The number of amides is 2. The summed E-state index contributed by atoms with van der Waals surface area (Å²) in [5.41, 5.74) is 0.147. The highest BCUT2D eigenvalue weighted by atomic mass is 16.6. The van der Waals surface area contributed by atoms with Gasteiger partial charge in [0, 0.05) is 31.9 Å². The minimum Gasteiger partial charge on any atom is -0.493 e. The summed E-state index contributed by atoms with van der Waals surface area (Å²) in [7, 11) is 4.90. The van der Waals surface area contributed by atoms with Gasteiger partial charge in [-0.05, 0) is 65.1 Å². The predicted molar refractivity (Wildman–Crippen MR) is 121 cm³/mol. The molecule has 0 saturated carbocycles. The summed E-state index contributed by atoms with van der Waals surface area (Å²) >= 11 is 0. The fourth-order valence-electron chi connectivity index (χ4n) is 3.73. The van der Waals surface area contributed by atoms with E-state index in [4.69, 9.17) is 14.2 Å². The second-order valence-electron chi connectivity index (χ2n) is 9.10. The van der Waals surface area contributed by atoms with Crippen LogP contribution in [-0.2, 0) is 9.53 Å². The molecule has 2 amide bonds. The third kappa shape index (κ3) is 7.31. The second-order valence-corrected chi connectivity index (χ2v) is 9.10. The highest BCUT2D eigenvalue weighted by Crippen LogP contribution is 2.30. The van der Waals surface area contributed by atoms with E-state index in [-0.39, 0.29) is 18.0 Å². The molecule has 8 nitrogen and oxygen atoms in total. The van der Waals surface area contributed by atoms with Crippen LogP contribution in [0.5, 0.6) is 11.5 Å². The first-order chi connectivity index (χ1) is 14.5. The van der Waals surface area contributed by atoms with Crippen molar-refractivity contribution in [3.05, 3.63) is 18.2 Å². The maximum absolute atomic E-state index is 12.9. The van der Waals surface area contributed by atoms with Crippen LogP contribution >= 0.6 is 0 Å². The zero-order chi connectivity index (χ0) is 23.2. The van der Waals surface area contributed by atoms with Crippen molar-refractivity contribution in [3.63, 3.8) is 0 Å². The van der Waals surface area contributed by atoms with E-state index in [1.165, 1.54) is 0 Å². The number of rotatable bonds is 7. The molecule has 1 fully saturated rings. The van der Waals surface area contributed by atoms with Gasteiger partial charge < -0.3 is 24.4 Å². The summed E-state index contributed by atoms with van der Waals surface area (Å²) < 4.78 is 16.0. The quantitative estimate of drug-likeness (QED) is 0.705. The molecule has 0 radical (unpaired) electrons. The first-order valence-electron chi connectivity index (χ1n) is 10.7. The lowest BCUT2D eigenvalue weighted by Gasteiger charge is -2.37. The van der Waals surface area contributed by atoms with Crippen molar-refractivity contribution in [2.75, 3.05) is 46.2 Å². The highest BCUT2D eigenvalue weighted by molar-refractivity contribution is 5.94. The number of likely N-dealkylation sites (tertiary alicyclic amines) is 1. The van der Waals surface area contributed by atoms with Gasteiger partial charge in [0.1, 0.15) is 5.60 Å².